The first-order valence-electron chi connectivity index (χ1n) is 8.54. The van der Waals surface area contributed by atoms with E-state index in [0.717, 1.165) is 29.7 Å². The van der Waals surface area contributed by atoms with Crippen LogP contribution in [0.15, 0.2) is 42.5 Å². The van der Waals surface area contributed by atoms with Gasteiger partial charge in [0.1, 0.15) is 5.75 Å². The van der Waals surface area contributed by atoms with Crippen LogP contribution in [0.2, 0.25) is 5.02 Å². The van der Waals surface area contributed by atoms with E-state index in [1.807, 2.05) is 24.3 Å². The number of methoxy groups -OCH3 is 1. The molecular formula is C20H21ClN2O3. The summed E-state index contributed by atoms with van der Waals surface area (Å²) in [7, 11) is 1.56. The lowest BCUT2D eigenvalue weighted by Crippen LogP contribution is -2.24. The molecule has 0 aliphatic heterocycles. The fourth-order valence-corrected chi connectivity index (χ4v) is 2.87. The molecule has 1 aliphatic carbocycles. The third kappa shape index (κ3) is 4.99. The molecule has 136 valence electrons. The SMILES string of the molecule is COc1ccc(Cl)cc1CC(=O)NCc1cccc(NC(=O)C2CC2)c1. The molecule has 2 N–H and O–H groups in total. The maximum absolute atomic E-state index is 12.2. The third-order valence-corrected chi connectivity index (χ3v) is 4.46. The number of anilines is 1. The molecule has 26 heavy (non-hydrogen) atoms. The predicted molar refractivity (Wildman–Crippen MR) is 101 cm³/mol. The number of nitrogens with one attached hydrogen (secondary N) is 2. The molecule has 0 spiro atoms. The van der Waals surface area contributed by atoms with Crippen molar-refractivity contribution in [2.75, 3.05) is 12.4 Å². The van der Waals surface area contributed by atoms with Crippen LogP contribution in [0.25, 0.3) is 0 Å². The fourth-order valence-electron chi connectivity index (χ4n) is 2.67. The van der Waals surface area contributed by atoms with Crippen molar-refractivity contribution in [3.8, 4) is 5.75 Å². The van der Waals surface area contributed by atoms with Gasteiger partial charge >= 0.3 is 0 Å². The van der Waals surface area contributed by atoms with Crippen LogP contribution in [0.1, 0.15) is 24.0 Å². The summed E-state index contributed by atoms with van der Waals surface area (Å²) in [6.45, 7) is 0.384. The molecule has 6 heteroatoms. The normalized spacial score (nSPS) is 13.2. The van der Waals surface area contributed by atoms with E-state index >= 15 is 0 Å². The molecule has 1 fully saturated rings. The van der Waals surface area contributed by atoms with E-state index in [4.69, 9.17) is 16.3 Å². The van der Waals surface area contributed by atoms with E-state index < -0.39 is 0 Å². The molecule has 2 aromatic rings. The zero-order chi connectivity index (χ0) is 18.5. The molecule has 0 atom stereocenters. The van der Waals surface area contributed by atoms with E-state index in [1.54, 1.807) is 25.3 Å². The zero-order valence-electron chi connectivity index (χ0n) is 14.5. The maximum atomic E-state index is 12.2. The van der Waals surface area contributed by atoms with Gasteiger partial charge in [-0.2, -0.15) is 0 Å². The van der Waals surface area contributed by atoms with Crippen LogP contribution < -0.4 is 15.4 Å². The number of halogens is 1. The van der Waals surface area contributed by atoms with Gasteiger partial charge in [0, 0.05) is 28.7 Å². The average molecular weight is 373 g/mol. The van der Waals surface area contributed by atoms with Gasteiger partial charge in [0.2, 0.25) is 11.8 Å². The fraction of sp³-hybridized carbons (Fsp3) is 0.300. The molecule has 3 rings (SSSR count). The lowest BCUT2D eigenvalue weighted by atomic mass is 10.1. The molecule has 0 aromatic heterocycles. The van der Waals surface area contributed by atoms with Gasteiger partial charge in [-0.1, -0.05) is 23.7 Å². The first-order chi connectivity index (χ1) is 12.5. The van der Waals surface area contributed by atoms with Gasteiger partial charge in [0.05, 0.1) is 13.5 Å². The van der Waals surface area contributed by atoms with E-state index in [9.17, 15) is 9.59 Å². The molecule has 0 heterocycles. The summed E-state index contributed by atoms with van der Waals surface area (Å²) in [6, 6.07) is 12.7. The topological polar surface area (TPSA) is 67.4 Å². The second kappa shape index (κ2) is 8.23. The quantitative estimate of drug-likeness (QED) is 0.781. The Balaban J connectivity index is 1.56. The Bertz CT molecular complexity index is 818. The lowest BCUT2D eigenvalue weighted by molar-refractivity contribution is -0.120. The number of amides is 2. The molecule has 0 bridgehead atoms. The molecule has 1 saturated carbocycles. The Morgan fingerprint density at radius 3 is 2.73 bits per heavy atom. The van der Waals surface area contributed by atoms with Crippen molar-refractivity contribution in [1.29, 1.82) is 0 Å². The van der Waals surface area contributed by atoms with Gasteiger partial charge in [-0.05, 0) is 48.7 Å². The van der Waals surface area contributed by atoms with Crippen molar-refractivity contribution in [3.63, 3.8) is 0 Å². The molecule has 0 radical (unpaired) electrons. The minimum absolute atomic E-state index is 0.0687. The Kier molecular flexibility index (Phi) is 5.78. The summed E-state index contributed by atoms with van der Waals surface area (Å²) in [6.07, 6.45) is 2.12. The van der Waals surface area contributed by atoms with Crippen molar-refractivity contribution in [3.05, 3.63) is 58.6 Å². The zero-order valence-corrected chi connectivity index (χ0v) is 15.3. The first-order valence-corrected chi connectivity index (χ1v) is 8.92. The van der Waals surface area contributed by atoms with Gasteiger partial charge < -0.3 is 15.4 Å². The highest BCUT2D eigenvalue weighted by molar-refractivity contribution is 6.30. The minimum atomic E-state index is -0.127. The Morgan fingerprint density at radius 2 is 2.00 bits per heavy atom. The second-order valence-electron chi connectivity index (χ2n) is 6.37. The summed E-state index contributed by atoms with van der Waals surface area (Å²) in [5.74, 6) is 0.734. The number of hydrogen-bond acceptors (Lipinski definition) is 3. The first kappa shape index (κ1) is 18.3. The molecule has 2 aromatic carbocycles. The van der Waals surface area contributed by atoms with E-state index in [-0.39, 0.29) is 24.2 Å². The highest BCUT2D eigenvalue weighted by Crippen LogP contribution is 2.30. The highest BCUT2D eigenvalue weighted by Gasteiger charge is 2.29. The van der Waals surface area contributed by atoms with Gasteiger partial charge in [-0.3, -0.25) is 9.59 Å². The van der Waals surface area contributed by atoms with E-state index in [0.29, 0.717) is 17.3 Å². The van der Waals surface area contributed by atoms with Crippen LogP contribution >= 0.6 is 11.6 Å². The molecule has 1 aliphatic rings. The van der Waals surface area contributed by atoms with Gasteiger partial charge in [0.15, 0.2) is 0 Å². The van der Waals surface area contributed by atoms with Crippen molar-refractivity contribution in [2.45, 2.75) is 25.8 Å². The van der Waals surface area contributed by atoms with Crippen LogP contribution in [0, 0.1) is 5.92 Å². The summed E-state index contributed by atoms with van der Waals surface area (Å²) in [4.78, 5) is 24.1. The number of benzene rings is 2. The summed E-state index contributed by atoms with van der Waals surface area (Å²) >= 11 is 5.99. The van der Waals surface area contributed by atoms with Crippen molar-refractivity contribution in [1.82, 2.24) is 5.32 Å². The monoisotopic (exact) mass is 372 g/mol. The Hall–Kier alpha value is -2.53. The van der Waals surface area contributed by atoms with E-state index in [1.165, 1.54) is 0 Å². The molecule has 5 nitrogen and oxygen atoms in total. The molecule has 2 amide bonds. The average Bonchev–Trinajstić information content (AvgIpc) is 3.46. The summed E-state index contributed by atoms with van der Waals surface area (Å²) in [5, 5.41) is 6.36. The third-order valence-electron chi connectivity index (χ3n) is 4.23. The Morgan fingerprint density at radius 1 is 1.19 bits per heavy atom. The highest BCUT2D eigenvalue weighted by atomic mass is 35.5. The number of hydrogen-bond donors (Lipinski definition) is 2. The van der Waals surface area contributed by atoms with Gasteiger partial charge in [-0.25, -0.2) is 0 Å². The number of ether oxygens (including phenoxy) is 1. The van der Waals surface area contributed by atoms with Crippen molar-refractivity contribution < 1.29 is 14.3 Å². The van der Waals surface area contributed by atoms with Crippen LogP contribution in [-0.4, -0.2) is 18.9 Å². The van der Waals surface area contributed by atoms with Gasteiger partial charge in [0.25, 0.3) is 0 Å². The van der Waals surface area contributed by atoms with Crippen molar-refractivity contribution in [2.24, 2.45) is 5.92 Å². The number of rotatable bonds is 7. The molecule has 0 unspecified atom stereocenters. The molecule has 0 saturated heterocycles. The summed E-state index contributed by atoms with van der Waals surface area (Å²) < 4.78 is 5.26. The predicted octanol–water partition coefficient (Wildman–Crippen LogP) is 3.56. The number of carbonyl (C=O) groups excluding carboxylic acids is 2. The Labute approximate surface area is 157 Å². The van der Waals surface area contributed by atoms with Crippen LogP contribution in [-0.2, 0) is 22.6 Å². The van der Waals surface area contributed by atoms with Crippen LogP contribution in [0.3, 0.4) is 0 Å². The standard InChI is InChI=1S/C20H21ClN2O3/c1-26-18-8-7-16(21)10-15(18)11-19(24)22-12-13-3-2-4-17(9-13)23-20(25)14-5-6-14/h2-4,7-10,14H,5-6,11-12H2,1H3,(H,22,24)(H,23,25). The van der Waals surface area contributed by atoms with Gasteiger partial charge in [-0.15, -0.1) is 0 Å². The second-order valence-corrected chi connectivity index (χ2v) is 6.81. The summed E-state index contributed by atoms with van der Waals surface area (Å²) in [5.41, 5.74) is 2.41. The number of carbonyl (C=O) groups is 2. The van der Waals surface area contributed by atoms with Crippen LogP contribution in [0.4, 0.5) is 5.69 Å². The smallest absolute Gasteiger partial charge is 0.227 e. The van der Waals surface area contributed by atoms with Crippen LogP contribution in [0.5, 0.6) is 5.75 Å². The van der Waals surface area contributed by atoms with E-state index in [2.05, 4.69) is 10.6 Å². The van der Waals surface area contributed by atoms with Crippen molar-refractivity contribution >= 4 is 29.1 Å². The molecular weight excluding hydrogens is 352 g/mol. The minimum Gasteiger partial charge on any atom is -0.496 e. The maximum Gasteiger partial charge on any atom is 0.227 e. The largest absolute Gasteiger partial charge is 0.496 e. The lowest BCUT2D eigenvalue weighted by Gasteiger charge is -2.11.